The van der Waals surface area contributed by atoms with Gasteiger partial charge < -0.3 is 9.80 Å². The summed E-state index contributed by atoms with van der Waals surface area (Å²) in [6.07, 6.45) is -2.87. The highest BCUT2D eigenvalue weighted by molar-refractivity contribution is 5.84. The van der Waals surface area contributed by atoms with E-state index < -0.39 is 92.1 Å². The summed E-state index contributed by atoms with van der Waals surface area (Å²) >= 11 is 0. The average Bonchev–Trinajstić information content (AvgIpc) is 0.899. The summed E-state index contributed by atoms with van der Waals surface area (Å²) in [6, 6.07) is 20.2. The second kappa shape index (κ2) is 24.0. The Balaban J connectivity index is 1.22. The van der Waals surface area contributed by atoms with E-state index in [0.29, 0.717) is 59.7 Å². The third kappa shape index (κ3) is 11.7. The van der Waals surface area contributed by atoms with E-state index in [1.54, 1.807) is 6.07 Å². The molecule has 6 aromatic carbocycles. The van der Waals surface area contributed by atoms with Gasteiger partial charge in [0.25, 0.3) is 0 Å². The Labute approximate surface area is 476 Å². The monoisotopic (exact) mass is 1200 g/mol. The molecule has 1 aliphatic carbocycles. The molecule has 0 bridgehead atoms. The van der Waals surface area contributed by atoms with Crippen LogP contribution in [0.4, 0.5) is 79.0 Å². The molecule has 0 saturated carbocycles. The highest BCUT2D eigenvalue weighted by atomic mass is 19.4. The molecule has 20 heteroatoms. The van der Waals surface area contributed by atoms with E-state index in [2.05, 4.69) is 21.9 Å². The summed E-state index contributed by atoms with van der Waals surface area (Å²) in [5, 5.41) is 0. The number of halogens is 18. The van der Waals surface area contributed by atoms with Crippen molar-refractivity contribution in [1.82, 2.24) is 9.80 Å². The SMILES string of the molecule is Cc1cccc(C(F)(F)C(F)(F)C(F)(F)C(F)(F)C(F)(F)C(F)(F)c2cccc(-c3ccc(C(c4ccc(-c5ccc6c(c5)C(CCCCCCN(C)C)(CCCCCCN(C)C)c5cc(C)ccc5-6)cc4)(C(F)(F)F)C(F)(F)F)cc3)c2)c1. The van der Waals surface area contributed by atoms with Gasteiger partial charge in [0.15, 0.2) is 0 Å². The maximum atomic E-state index is 15.6. The molecule has 0 spiro atoms. The quantitative estimate of drug-likeness (QED) is 0.0416. The van der Waals surface area contributed by atoms with Crippen molar-refractivity contribution in [1.29, 1.82) is 0 Å². The minimum absolute atomic E-state index is 0.0500. The Morgan fingerprint density at radius 1 is 0.333 bits per heavy atom. The van der Waals surface area contributed by atoms with Gasteiger partial charge in [-0.2, -0.15) is 79.0 Å². The van der Waals surface area contributed by atoms with Gasteiger partial charge in [-0.05, 0) is 155 Å². The number of unbranched alkanes of at least 4 members (excludes halogenated alkanes) is 6. The van der Waals surface area contributed by atoms with Crippen LogP contribution in [0, 0.1) is 13.8 Å². The Morgan fingerprint density at radius 3 is 1.13 bits per heavy atom. The Kier molecular flexibility index (Phi) is 18.7. The zero-order chi connectivity index (χ0) is 62.3. The standard InChI is InChI=1S/C64H64F18N2/c1-41-17-15-19-49(37-41)57(65,66)59(69,70)61(73,74)62(75,76)60(71,72)58(67,68)50-20-16-18-45(39-50)43-22-27-47(28-23-43)56(63(77,78)79,64(80,81)82)48-29-24-44(25-30-48)46-26-32-52-51-31-21-42(2)38-53(51)55(54(52)40-46,33-11-7-9-13-35-83(3)4)34-12-8-10-14-36-84(5)6/h15-32,37-40H,7-14,33-36H2,1-6H3. The molecule has 7 rings (SSSR count). The van der Waals surface area contributed by atoms with E-state index in [1.165, 1.54) is 5.56 Å². The molecule has 0 aromatic heterocycles. The molecule has 0 unspecified atom stereocenters. The van der Waals surface area contributed by atoms with Crippen molar-refractivity contribution in [3.05, 3.63) is 178 Å². The first kappa shape index (κ1) is 65.5. The molecule has 0 amide bonds. The number of aryl methyl sites for hydroxylation is 2. The number of fused-ring (bicyclic) bond motifs is 3. The highest BCUT2D eigenvalue weighted by Gasteiger charge is 2.90. The molecule has 456 valence electrons. The van der Waals surface area contributed by atoms with Crippen LogP contribution in [0.3, 0.4) is 0 Å². The number of alkyl halides is 18. The van der Waals surface area contributed by atoms with Crippen molar-refractivity contribution in [2.45, 2.75) is 137 Å². The molecule has 84 heavy (non-hydrogen) atoms. The van der Waals surface area contributed by atoms with E-state index in [4.69, 9.17) is 0 Å². The normalized spacial score (nSPS) is 14.6. The van der Waals surface area contributed by atoms with E-state index >= 15 is 52.7 Å². The Hall–Kier alpha value is -6.02. The first-order valence-corrected chi connectivity index (χ1v) is 27.3. The molecule has 2 nitrogen and oxygen atoms in total. The molecular formula is C64H64F18N2. The lowest BCUT2D eigenvalue weighted by Crippen LogP contribution is -2.69. The van der Waals surface area contributed by atoms with Crippen LogP contribution in [-0.2, 0) is 22.7 Å². The van der Waals surface area contributed by atoms with Crippen molar-refractivity contribution in [3.8, 4) is 33.4 Å². The minimum atomic E-state index is -7.94. The molecule has 0 heterocycles. The third-order valence-electron chi connectivity index (χ3n) is 16.2. The third-order valence-corrected chi connectivity index (χ3v) is 16.2. The van der Waals surface area contributed by atoms with Crippen LogP contribution in [-0.4, -0.2) is 87.1 Å². The van der Waals surface area contributed by atoms with Gasteiger partial charge in [0.1, 0.15) is 0 Å². The van der Waals surface area contributed by atoms with Crippen molar-refractivity contribution in [2.75, 3.05) is 41.3 Å². The first-order valence-electron chi connectivity index (χ1n) is 27.3. The minimum Gasteiger partial charge on any atom is -0.309 e. The van der Waals surface area contributed by atoms with Crippen LogP contribution >= 0.6 is 0 Å². The number of benzene rings is 6. The van der Waals surface area contributed by atoms with Gasteiger partial charge in [-0.25, -0.2) is 0 Å². The van der Waals surface area contributed by atoms with Gasteiger partial charge >= 0.3 is 47.9 Å². The highest BCUT2D eigenvalue weighted by Crippen LogP contribution is 2.64. The van der Waals surface area contributed by atoms with E-state index in [9.17, 15) is 26.3 Å². The predicted molar refractivity (Wildman–Crippen MR) is 290 cm³/mol. The lowest BCUT2D eigenvalue weighted by atomic mass is 9.70. The van der Waals surface area contributed by atoms with Gasteiger partial charge in [-0.15, -0.1) is 0 Å². The van der Waals surface area contributed by atoms with E-state index in [1.807, 2.05) is 53.3 Å². The Bertz CT molecular complexity index is 3180. The first-order chi connectivity index (χ1) is 38.9. The number of hydrogen-bond donors (Lipinski definition) is 0. The van der Waals surface area contributed by atoms with Crippen molar-refractivity contribution >= 4 is 0 Å². The Morgan fingerprint density at radius 2 is 0.702 bits per heavy atom. The summed E-state index contributed by atoms with van der Waals surface area (Å²) in [6.45, 7) is 4.90. The fraction of sp³-hybridized carbons (Fsp3) is 0.438. The second-order valence-corrected chi connectivity index (χ2v) is 22.6. The maximum absolute atomic E-state index is 15.6. The molecule has 1 aliphatic rings. The summed E-state index contributed by atoms with van der Waals surface area (Å²) in [4.78, 5) is 4.25. The van der Waals surface area contributed by atoms with Gasteiger partial charge in [0, 0.05) is 16.5 Å². The summed E-state index contributed by atoms with van der Waals surface area (Å²) in [5.41, 5.74) is -7.92. The second-order valence-electron chi connectivity index (χ2n) is 22.6. The van der Waals surface area contributed by atoms with Crippen LogP contribution < -0.4 is 0 Å². The number of hydrogen-bond acceptors (Lipinski definition) is 2. The molecule has 0 aliphatic heterocycles. The summed E-state index contributed by atoms with van der Waals surface area (Å²) in [5.74, 6) is -43.8. The fourth-order valence-corrected chi connectivity index (χ4v) is 11.6. The van der Waals surface area contributed by atoms with E-state index in [0.717, 1.165) is 131 Å². The molecule has 0 saturated heterocycles. The topological polar surface area (TPSA) is 6.48 Å². The fourth-order valence-electron chi connectivity index (χ4n) is 11.6. The average molecular weight is 1200 g/mol. The van der Waals surface area contributed by atoms with Gasteiger partial charge in [0.2, 0.25) is 5.41 Å². The van der Waals surface area contributed by atoms with Crippen LogP contribution in [0.25, 0.3) is 33.4 Å². The zero-order valence-corrected chi connectivity index (χ0v) is 46.9. The van der Waals surface area contributed by atoms with Crippen LogP contribution in [0.1, 0.15) is 109 Å². The van der Waals surface area contributed by atoms with Crippen molar-refractivity contribution in [3.63, 3.8) is 0 Å². The number of rotatable bonds is 25. The van der Waals surface area contributed by atoms with Crippen molar-refractivity contribution < 1.29 is 79.0 Å². The largest absolute Gasteiger partial charge is 0.411 e. The van der Waals surface area contributed by atoms with Crippen molar-refractivity contribution in [2.24, 2.45) is 0 Å². The van der Waals surface area contributed by atoms with Crippen LogP contribution in [0.15, 0.2) is 133 Å². The number of nitrogens with zero attached hydrogens (tertiary/aromatic N) is 2. The van der Waals surface area contributed by atoms with Gasteiger partial charge in [-0.3, -0.25) is 0 Å². The lowest BCUT2D eigenvalue weighted by molar-refractivity contribution is -0.429. The maximum Gasteiger partial charge on any atom is 0.411 e. The molecule has 0 atom stereocenters. The molecule has 0 radical (unpaired) electrons. The molecule has 6 aromatic rings. The molecular weight excluding hydrogens is 1140 g/mol. The van der Waals surface area contributed by atoms with E-state index in [-0.39, 0.29) is 29.8 Å². The smallest absolute Gasteiger partial charge is 0.309 e. The van der Waals surface area contributed by atoms with Crippen LogP contribution in [0.5, 0.6) is 0 Å². The zero-order valence-electron chi connectivity index (χ0n) is 46.9. The molecule has 0 N–H and O–H groups in total. The molecule has 0 fully saturated rings. The van der Waals surface area contributed by atoms with Crippen LogP contribution in [0.2, 0.25) is 0 Å². The summed E-state index contributed by atoms with van der Waals surface area (Å²) < 4.78 is 275. The summed E-state index contributed by atoms with van der Waals surface area (Å²) in [7, 11) is 8.06. The predicted octanol–water partition coefficient (Wildman–Crippen LogP) is 19.8. The lowest BCUT2D eigenvalue weighted by Gasteiger charge is -2.41. The van der Waals surface area contributed by atoms with Gasteiger partial charge in [0.05, 0.1) is 0 Å². The van der Waals surface area contributed by atoms with Gasteiger partial charge in [-0.1, -0.05) is 165 Å².